The van der Waals surface area contributed by atoms with Crippen molar-refractivity contribution in [2.45, 2.75) is 6.04 Å². The first kappa shape index (κ1) is 9.46. The molecule has 15 heavy (non-hydrogen) atoms. The van der Waals surface area contributed by atoms with E-state index in [-0.39, 0.29) is 18.2 Å². The highest BCUT2D eigenvalue weighted by Gasteiger charge is 2.24. The number of hydrogen-bond donors (Lipinski definition) is 1. The third-order valence-corrected chi connectivity index (χ3v) is 2.19. The summed E-state index contributed by atoms with van der Waals surface area (Å²) in [7, 11) is 0. The van der Waals surface area contributed by atoms with Crippen LogP contribution in [0, 0.1) is 17.1 Å². The minimum atomic E-state index is -0.563. The summed E-state index contributed by atoms with van der Waals surface area (Å²) in [5, 5.41) is 11.2. The summed E-state index contributed by atoms with van der Waals surface area (Å²) >= 11 is 0. The van der Waals surface area contributed by atoms with E-state index in [0.29, 0.717) is 5.56 Å². The van der Waals surface area contributed by atoms with Gasteiger partial charge in [0.05, 0.1) is 11.6 Å². The van der Waals surface area contributed by atoms with E-state index in [9.17, 15) is 9.18 Å². The van der Waals surface area contributed by atoms with E-state index in [1.807, 2.05) is 0 Å². The van der Waals surface area contributed by atoms with Gasteiger partial charge in [-0.1, -0.05) is 6.07 Å². The van der Waals surface area contributed by atoms with Crippen LogP contribution >= 0.6 is 0 Å². The summed E-state index contributed by atoms with van der Waals surface area (Å²) in [6.07, 6.45) is -0.497. The molecule has 0 saturated carbocycles. The molecule has 2 rings (SSSR count). The van der Waals surface area contributed by atoms with Gasteiger partial charge in [-0.25, -0.2) is 9.18 Å². The molecule has 1 fully saturated rings. The third-order valence-electron chi connectivity index (χ3n) is 2.19. The first-order valence-corrected chi connectivity index (χ1v) is 4.33. The maximum atomic E-state index is 13.0. The lowest BCUT2D eigenvalue weighted by Crippen LogP contribution is -2.18. The molecule has 5 heteroatoms. The van der Waals surface area contributed by atoms with Gasteiger partial charge in [-0.15, -0.1) is 0 Å². The van der Waals surface area contributed by atoms with E-state index in [0.717, 1.165) is 0 Å². The predicted molar refractivity (Wildman–Crippen MR) is 48.3 cm³/mol. The van der Waals surface area contributed by atoms with E-state index in [1.54, 1.807) is 6.07 Å². The van der Waals surface area contributed by atoms with Gasteiger partial charge in [0.25, 0.3) is 0 Å². The number of alkyl carbamates (subject to hydrolysis) is 1. The number of carbonyl (C=O) groups excluding carboxylic acids is 1. The average molecular weight is 206 g/mol. The molecule has 0 aromatic heterocycles. The quantitative estimate of drug-likeness (QED) is 0.756. The Hall–Kier alpha value is -2.09. The summed E-state index contributed by atoms with van der Waals surface area (Å²) in [6, 6.07) is 5.58. The van der Waals surface area contributed by atoms with Crippen molar-refractivity contribution in [3.63, 3.8) is 0 Å². The number of ether oxygens (including phenoxy) is 1. The van der Waals surface area contributed by atoms with Gasteiger partial charge >= 0.3 is 6.09 Å². The van der Waals surface area contributed by atoms with Crippen molar-refractivity contribution in [1.29, 1.82) is 5.26 Å². The van der Waals surface area contributed by atoms with Crippen LogP contribution in [0.15, 0.2) is 18.2 Å². The van der Waals surface area contributed by atoms with Crippen molar-refractivity contribution in [1.82, 2.24) is 5.32 Å². The lowest BCUT2D eigenvalue weighted by atomic mass is 10.1. The normalized spacial score (nSPS) is 19.2. The molecule has 1 heterocycles. The van der Waals surface area contributed by atoms with Crippen LogP contribution in [0.2, 0.25) is 0 Å². The molecular formula is C10H7FN2O2. The number of hydrogen-bond acceptors (Lipinski definition) is 3. The minimum absolute atomic E-state index is 0.0337. The van der Waals surface area contributed by atoms with Crippen LogP contribution in [-0.2, 0) is 4.74 Å². The van der Waals surface area contributed by atoms with Crippen LogP contribution in [0.4, 0.5) is 9.18 Å². The molecule has 1 aliphatic rings. The van der Waals surface area contributed by atoms with Gasteiger partial charge in [-0.2, -0.15) is 5.26 Å². The summed E-state index contributed by atoms with van der Waals surface area (Å²) in [4.78, 5) is 10.8. The fourth-order valence-electron chi connectivity index (χ4n) is 1.41. The van der Waals surface area contributed by atoms with E-state index in [2.05, 4.69) is 5.32 Å². The largest absolute Gasteiger partial charge is 0.447 e. The molecule has 0 unspecified atom stereocenters. The fourth-order valence-corrected chi connectivity index (χ4v) is 1.41. The monoisotopic (exact) mass is 206 g/mol. The van der Waals surface area contributed by atoms with Gasteiger partial charge in [0.15, 0.2) is 0 Å². The van der Waals surface area contributed by atoms with Crippen molar-refractivity contribution in [2.75, 3.05) is 6.61 Å². The highest BCUT2D eigenvalue weighted by atomic mass is 19.1. The molecule has 0 spiro atoms. The Bertz CT molecular complexity index is 453. The molecular weight excluding hydrogens is 199 g/mol. The highest BCUT2D eigenvalue weighted by Crippen LogP contribution is 2.20. The maximum absolute atomic E-state index is 13.0. The number of halogens is 1. The molecule has 0 radical (unpaired) electrons. The Morgan fingerprint density at radius 1 is 1.60 bits per heavy atom. The molecule has 1 amide bonds. The molecule has 4 nitrogen and oxygen atoms in total. The standard InChI is InChI=1S/C10H7FN2O2/c11-8-2-1-6(3-7(8)4-12)9-5-15-10(14)13-9/h1-3,9H,5H2,(H,13,14)/t9-/m0/s1. The Balaban J connectivity index is 2.30. The summed E-state index contributed by atoms with van der Waals surface area (Å²) in [6.45, 7) is 0.204. The first-order valence-electron chi connectivity index (χ1n) is 4.33. The number of benzene rings is 1. The zero-order chi connectivity index (χ0) is 10.8. The molecule has 1 aliphatic heterocycles. The van der Waals surface area contributed by atoms with Crippen LogP contribution < -0.4 is 5.32 Å². The Morgan fingerprint density at radius 2 is 2.40 bits per heavy atom. The van der Waals surface area contributed by atoms with Crippen LogP contribution in [0.3, 0.4) is 0 Å². The number of rotatable bonds is 1. The molecule has 1 saturated heterocycles. The molecule has 1 atom stereocenters. The van der Waals surface area contributed by atoms with Gasteiger partial charge in [0.2, 0.25) is 0 Å². The predicted octanol–water partition coefficient (Wildman–Crippen LogP) is 1.48. The molecule has 0 aliphatic carbocycles. The molecule has 0 bridgehead atoms. The van der Waals surface area contributed by atoms with Crippen molar-refractivity contribution in [3.05, 3.63) is 35.1 Å². The number of nitrogens with one attached hydrogen (secondary N) is 1. The summed E-state index contributed by atoms with van der Waals surface area (Å²) < 4.78 is 17.7. The number of cyclic esters (lactones) is 1. The summed E-state index contributed by atoms with van der Waals surface area (Å²) in [5.74, 6) is -0.563. The topological polar surface area (TPSA) is 62.1 Å². The van der Waals surface area contributed by atoms with Crippen molar-refractivity contribution in [3.8, 4) is 6.07 Å². The van der Waals surface area contributed by atoms with E-state index in [4.69, 9.17) is 10.00 Å². The smallest absolute Gasteiger partial charge is 0.407 e. The first-order chi connectivity index (χ1) is 7.20. The maximum Gasteiger partial charge on any atom is 0.407 e. The second-order valence-electron chi connectivity index (χ2n) is 3.15. The van der Waals surface area contributed by atoms with E-state index in [1.165, 1.54) is 18.2 Å². The number of carbonyl (C=O) groups is 1. The number of nitrogens with zero attached hydrogens (tertiary/aromatic N) is 1. The second-order valence-corrected chi connectivity index (χ2v) is 3.15. The molecule has 1 N–H and O–H groups in total. The number of nitriles is 1. The average Bonchev–Trinajstić information content (AvgIpc) is 2.66. The van der Waals surface area contributed by atoms with Crippen molar-refractivity contribution in [2.24, 2.45) is 0 Å². The van der Waals surface area contributed by atoms with Gasteiger partial charge in [-0.05, 0) is 17.7 Å². The van der Waals surface area contributed by atoms with Gasteiger partial charge < -0.3 is 10.1 Å². The Kier molecular flexibility index (Phi) is 2.26. The van der Waals surface area contributed by atoms with Crippen LogP contribution in [-0.4, -0.2) is 12.7 Å². The Morgan fingerprint density at radius 3 is 3.00 bits per heavy atom. The minimum Gasteiger partial charge on any atom is -0.447 e. The third kappa shape index (κ3) is 1.74. The molecule has 1 aromatic carbocycles. The fraction of sp³-hybridized carbons (Fsp3) is 0.200. The van der Waals surface area contributed by atoms with Gasteiger partial charge in [0.1, 0.15) is 18.5 Å². The Labute approximate surface area is 85.3 Å². The van der Waals surface area contributed by atoms with E-state index >= 15 is 0 Å². The second kappa shape index (κ2) is 3.58. The van der Waals surface area contributed by atoms with E-state index < -0.39 is 11.9 Å². The molecule has 1 aromatic rings. The van der Waals surface area contributed by atoms with Crippen LogP contribution in [0.1, 0.15) is 17.2 Å². The van der Waals surface area contributed by atoms with Crippen LogP contribution in [0.5, 0.6) is 0 Å². The highest BCUT2D eigenvalue weighted by molar-refractivity contribution is 5.70. The van der Waals surface area contributed by atoms with Crippen molar-refractivity contribution >= 4 is 6.09 Å². The lowest BCUT2D eigenvalue weighted by Gasteiger charge is -2.07. The van der Waals surface area contributed by atoms with Crippen molar-refractivity contribution < 1.29 is 13.9 Å². The van der Waals surface area contributed by atoms with Gasteiger partial charge in [-0.3, -0.25) is 0 Å². The number of amides is 1. The lowest BCUT2D eigenvalue weighted by molar-refractivity contribution is 0.177. The van der Waals surface area contributed by atoms with Crippen LogP contribution in [0.25, 0.3) is 0 Å². The van der Waals surface area contributed by atoms with Gasteiger partial charge in [0, 0.05) is 0 Å². The zero-order valence-electron chi connectivity index (χ0n) is 7.66. The zero-order valence-corrected chi connectivity index (χ0v) is 7.66. The molecule has 76 valence electrons. The SMILES string of the molecule is N#Cc1cc([C@@H]2COC(=O)N2)ccc1F. The summed E-state index contributed by atoms with van der Waals surface area (Å²) in [5.41, 5.74) is 0.632.